The van der Waals surface area contributed by atoms with Gasteiger partial charge in [-0.05, 0) is 109 Å². The van der Waals surface area contributed by atoms with Gasteiger partial charge in [-0.3, -0.25) is 4.57 Å². The molecule has 0 radical (unpaired) electrons. The Labute approximate surface area is 312 Å². The maximum atomic E-state index is 5.01. The van der Waals surface area contributed by atoms with Crippen LogP contribution in [-0.2, 0) is 0 Å². The summed E-state index contributed by atoms with van der Waals surface area (Å²) in [6.07, 6.45) is 1.95. The number of hydrogen-bond donors (Lipinski definition) is 0. The van der Waals surface area contributed by atoms with Gasteiger partial charge in [0.05, 0.1) is 29.1 Å². The first-order chi connectivity index (χ1) is 26.0. The van der Waals surface area contributed by atoms with Gasteiger partial charge < -0.3 is 14.7 Å². The van der Waals surface area contributed by atoms with Crippen molar-refractivity contribution in [3.05, 3.63) is 169 Å². The minimum absolute atomic E-state index is 0.392. The first kappa shape index (κ1) is 32.6. The van der Waals surface area contributed by atoms with E-state index in [4.69, 9.17) is 4.98 Å². The van der Waals surface area contributed by atoms with Gasteiger partial charge in [-0.25, -0.2) is 4.98 Å². The van der Waals surface area contributed by atoms with Crippen molar-refractivity contribution >= 4 is 55.9 Å². The molecule has 9 rings (SSSR count). The van der Waals surface area contributed by atoms with Crippen molar-refractivity contribution in [2.24, 2.45) is 0 Å². The molecule has 0 saturated heterocycles. The Balaban J connectivity index is 1.21. The fourth-order valence-corrected chi connectivity index (χ4v) is 8.04. The maximum absolute atomic E-state index is 5.01. The van der Waals surface area contributed by atoms with E-state index in [0.29, 0.717) is 12.0 Å². The molecule has 6 aromatic carbocycles. The van der Waals surface area contributed by atoms with Crippen LogP contribution in [0.2, 0.25) is 0 Å². The number of benzene rings is 6. The third kappa shape index (κ3) is 5.69. The van der Waals surface area contributed by atoms with Gasteiger partial charge >= 0.3 is 0 Å². The molecule has 5 nitrogen and oxygen atoms in total. The van der Waals surface area contributed by atoms with Crippen LogP contribution >= 0.6 is 0 Å². The Hall–Kier alpha value is -6.33. The van der Waals surface area contributed by atoms with E-state index < -0.39 is 0 Å². The summed E-state index contributed by atoms with van der Waals surface area (Å²) in [5.41, 5.74) is 13.0. The summed E-state index contributed by atoms with van der Waals surface area (Å²) in [5.74, 6) is 1.32. The molecule has 0 saturated carbocycles. The normalized spacial score (nSPS) is 12.7. The summed E-state index contributed by atoms with van der Waals surface area (Å²) in [6.45, 7) is 9.85. The second-order valence-corrected chi connectivity index (χ2v) is 14.5. The average Bonchev–Trinajstić information content (AvgIpc) is 3.75. The number of nitrogens with zero attached hydrogens (tertiary/aromatic N) is 5. The summed E-state index contributed by atoms with van der Waals surface area (Å²) < 4.78 is 2.33. The highest BCUT2D eigenvalue weighted by Crippen LogP contribution is 2.44. The summed E-state index contributed by atoms with van der Waals surface area (Å²) in [6, 6.07) is 57.4. The first-order valence-corrected chi connectivity index (χ1v) is 18.6. The minimum atomic E-state index is 0.392. The van der Waals surface area contributed by atoms with E-state index in [1.54, 1.807) is 0 Å². The van der Waals surface area contributed by atoms with Crippen molar-refractivity contribution in [3.8, 4) is 16.9 Å². The number of para-hydroxylation sites is 4. The van der Waals surface area contributed by atoms with Gasteiger partial charge in [0.2, 0.25) is 0 Å². The molecule has 3 heterocycles. The molecule has 5 heteroatoms. The average molecular weight is 690 g/mol. The van der Waals surface area contributed by atoms with Crippen molar-refractivity contribution in [1.29, 1.82) is 0 Å². The number of anilines is 6. The number of hydrogen-bond acceptors (Lipinski definition) is 4. The Morgan fingerprint density at radius 2 is 1.26 bits per heavy atom. The minimum Gasteiger partial charge on any atom is -0.349 e. The second kappa shape index (κ2) is 13.3. The van der Waals surface area contributed by atoms with Crippen LogP contribution in [0.15, 0.2) is 164 Å². The Kier molecular flexibility index (Phi) is 8.19. The molecule has 0 atom stereocenters. The molecule has 0 N–H and O–H groups in total. The van der Waals surface area contributed by atoms with Crippen LogP contribution in [0.1, 0.15) is 39.2 Å². The third-order valence-electron chi connectivity index (χ3n) is 10.6. The molecule has 2 aromatic heterocycles. The van der Waals surface area contributed by atoms with E-state index >= 15 is 0 Å². The van der Waals surface area contributed by atoms with Crippen LogP contribution in [0, 0.1) is 0 Å². The summed E-state index contributed by atoms with van der Waals surface area (Å²) in [5, 5.41) is 2.41. The van der Waals surface area contributed by atoms with Gasteiger partial charge in [0.15, 0.2) is 0 Å². The molecule has 260 valence electrons. The van der Waals surface area contributed by atoms with Gasteiger partial charge in [-0.2, -0.15) is 0 Å². The number of aromatic nitrogens is 2. The van der Waals surface area contributed by atoms with E-state index in [1.807, 2.05) is 6.20 Å². The first-order valence-electron chi connectivity index (χ1n) is 18.6. The quantitative estimate of drug-likeness (QED) is 0.159. The molecular weight excluding hydrogens is 647 g/mol. The Morgan fingerprint density at radius 1 is 0.566 bits per heavy atom. The van der Waals surface area contributed by atoms with E-state index in [2.05, 4.69) is 205 Å². The maximum Gasteiger partial charge on any atom is 0.138 e. The smallest absolute Gasteiger partial charge is 0.138 e. The zero-order valence-electron chi connectivity index (χ0n) is 30.7. The van der Waals surface area contributed by atoms with E-state index in [-0.39, 0.29) is 0 Å². The van der Waals surface area contributed by atoms with Gasteiger partial charge in [-0.1, -0.05) is 98.8 Å². The molecule has 0 unspecified atom stereocenters. The monoisotopic (exact) mass is 689 g/mol. The molecular formula is C48H43N5. The van der Waals surface area contributed by atoms with Gasteiger partial charge in [-0.15, -0.1) is 0 Å². The van der Waals surface area contributed by atoms with Crippen LogP contribution in [0.5, 0.6) is 0 Å². The number of pyridine rings is 1. The van der Waals surface area contributed by atoms with Gasteiger partial charge in [0, 0.05) is 45.8 Å². The summed E-state index contributed by atoms with van der Waals surface area (Å²) in [4.78, 5) is 12.3. The molecule has 0 amide bonds. The summed E-state index contributed by atoms with van der Waals surface area (Å²) in [7, 11) is 0. The van der Waals surface area contributed by atoms with Crippen molar-refractivity contribution in [2.75, 3.05) is 21.4 Å². The van der Waals surface area contributed by atoms with E-state index in [0.717, 1.165) is 46.3 Å². The lowest BCUT2D eigenvalue weighted by atomic mass is 9.93. The number of fused-ring (bicyclic) bond motifs is 4. The van der Waals surface area contributed by atoms with Crippen LogP contribution in [-0.4, -0.2) is 22.3 Å². The molecule has 1 aliphatic heterocycles. The van der Waals surface area contributed by atoms with Crippen molar-refractivity contribution < 1.29 is 0 Å². The van der Waals surface area contributed by atoms with Crippen LogP contribution in [0.25, 0.3) is 38.8 Å². The molecule has 8 aromatic rings. The van der Waals surface area contributed by atoms with Crippen molar-refractivity contribution in [1.82, 2.24) is 9.55 Å². The molecule has 0 bridgehead atoms. The SMILES string of the molecule is CC(C)c1ccccc1-c1ccnc(-n2c3ccccc3c3ccc(N(c4ccccc4)c4cccc(N5CN(C(C)C)c6ccccc65)c4)cc32)c1. The standard InChI is InChI=1S/C48H43N5/c1-33(2)40-19-8-9-20-41(40)35-27-28-49-48(29-35)53-44-22-11-10-21-42(44)43-26-25-39(31-47(43)53)52(36-15-6-5-7-16-36)38-18-14-17-37(30-38)51-32-50(34(3)4)45-23-12-13-24-46(45)51/h5-31,33-34H,32H2,1-4H3. The van der Waals surface area contributed by atoms with Crippen LogP contribution in [0.3, 0.4) is 0 Å². The topological polar surface area (TPSA) is 27.5 Å². The highest BCUT2D eigenvalue weighted by Gasteiger charge is 2.29. The third-order valence-corrected chi connectivity index (χ3v) is 10.6. The molecule has 0 spiro atoms. The van der Waals surface area contributed by atoms with Gasteiger partial charge in [0.25, 0.3) is 0 Å². The second-order valence-electron chi connectivity index (χ2n) is 14.5. The Morgan fingerprint density at radius 3 is 2.09 bits per heavy atom. The molecule has 0 aliphatic carbocycles. The number of rotatable bonds is 8. The fraction of sp³-hybridized carbons (Fsp3) is 0.146. The largest absolute Gasteiger partial charge is 0.349 e. The summed E-state index contributed by atoms with van der Waals surface area (Å²) >= 11 is 0. The van der Waals surface area contributed by atoms with Gasteiger partial charge in [0.1, 0.15) is 5.82 Å². The van der Waals surface area contributed by atoms with Crippen LogP contribution in [0.4, 0.5) is 34.1 Å². The lowest BCUT2D eigenvalue weighted by molar-refractivity contribution is 0.709. The molecule has 53 heavy (non-hydrogen) atoms. The highest BCUT2D eigenvalue weighted by molar-refractivity contribution is 6.10. The fourth-order valence-electron chi connectivity index (χ4n) is 8.04. The lowest BCUT2D eigenvalue weighted by Crippen LogP contribution is -2.33. The zero-order chi connectivity index (χ0) is 36.1. The van der Waals surface area contributed by atoms with E-state index in [9.17, 15) is 0 Å². The lowest BCUT2D eigenvalue weighted by Gasteiger charge is -2.28. The predicted octanol–water partition coefficient (Wildman–Crippen LogP) is 12.8. The van der Waals surface area contributed by atoms with Crippen molar-refractivity contribution in [2.45, 2.75) is 39.7 Å². The molecule has 1 aliphatic rings. The highest BCUT2D eigenvalue weighted by atomic mass is 15.4. The van der Waals surface area contributed by atoms with Crippen molar-refractivity contribution in [3.63, 3.8) is 0 Å². The van der Waals surface area contributed by atoms with E-state index in [1.165, 1.54) is 38.8 Å². The van der Waals surface area contributed by atoms with Crippen LogP contribution < -0.4 is 14.7 Å². The molecule has 0 fully saturated rings. The Bertz CT molecular complexity index is 2580. The zero-order valence-corrected chi connectivity index (χ0v) is 30.7. The predicted molar refractivity (Wildman–Crippen MR) is 224 cm³/mol.